The van der Waals surface area contributed by atoms with Crippen LogP contribution in [0.25, 0.3) is 0 Å². The molecule has 3 rings (SSSR count). The van der Waals surface area contributed by atoms with Gasteiger partial charge in [-0.1, -0.05) is 19.4 Å². The van der Waals surface area contributed by atoms with Gasteiger partial charge in [-0.3, -0.25) is 4.79 Å². The highest BCUT2D eigenvalue weighted by Crippen LogP contribution is 2.49. The minimum Gasteiger partial charge on any atom is -0.349 e. The monoisotopic (exact) mass is 222 g/mol. The molecule has 3 aliphatic rings. The van der Waals surface area contributed by atoms with Crippen LogP contribution >= 0.6 is 0 Å². The molecular weight excluding hydrogens is 204 g/mol. The molecule has 16 heavy (non-hydrogen) atoms. The van der Waals surface area contributed by atoms with Crippen LogP contribution in [0.15, 0.2) is 11.6 Å². The van der Waals surface area contributed by atoms with E-state index in [4.69, 9.17) is 9.47 Å². The smallest absolute Gasteiger partial charge is 0.172 e. The Morgan fingerprint density at radius 2 is 2.00 bits per heavy atom. The van der Waals surface area contributed by atoms with Crippen molar-refractivity contribution in [2.24, 2.45) is 11.3 Å². The Balaban J connectivity index is 1.75. The van der Waals surface area contributed by atoms with Crippen molar-refractivity contribution in [1.82, 2.24) is 0 Å². The second-order valence-corrected chi connectivity index (χ2v) is 6.12. The van der Waals surface area contributed by atoms with Gasteiger partial charge in [0.25, 0.3) is 0 Å². The van der Waals surface area contributed by atoms with Crippen molar-refractivity contribution in [2.45, 2.75) is 38.9 Å². The lowest BCUT2D eigenvalue weighted by Gasteiger charge is -2.41. The van der Waals surface area contributed by atoms with Crippen molar-refractivity contribution in [1.29, 1.82) is 0 Å². The molecular formula is C13H18O3. The van der Waals surface area contributed by atoms with Crippen molar-refractivity contribution in [2.75, 3.05) is 13.2 Å². The van der Waals surface area contributed by atoms with Gasteiger partial charge in [-0.25, -0.2) is 0 Å². The molecule has 1 saturated heterocycles. The number of allylic oxidation sites excluding steroid dienone is 1. The number of ketones is 1. The van der Waals surface area contributed by atoms with E-state index in [1.54, 1.807) is 6.08 Å². The Morgan fingerprint density at radius 1 is 1.31 bits per heavy atom. The van der Waals surface area contributed by atoms with Crippen LogP contribution in [-0.2, 0) is 14.3 Å². The highest BCUT2D eigenvalue weighted by molar-refractivity contribution is 5.93. The Kier molecular flexibility index (Phi) is 2.08. The molecule has 3 nitrogen and oxygen atoms in total. The van der Waals surface area contributed by atoms with Crippen molar-refractivity contribution >= 4 is 5.78 Å². The first-order valence-electron chi connectivity index (χ1n) is 5.99. The molecule has 2 fully saturated rings. The third-order valence-corrected chi connectivity index (χ3v) is 3.80. The second-order valence-electron chi connectivity index (χ2n) is 6.12. The van der Waals surface area contributed by atoms with E-state index >= 15 is 0 Å². The van der Waals surface area contributed by atoms with E-state index < -0.39 is 5.79 Å². The van der Waals surface area contributed by atoms with E-state index in [2.05, 4.69) is 13.8 Å². The number of rotatable bonds is 0. The summed E-state index contributed by atoms with van der Waals surface area (Å²) in [5, 5.41) is 0. The average Bonchev–Trinajstić information content (AvgIpc) is 2.66. The molecule has 0 amide bonds. The first kappa shape index (κ1) is 10.5. The first-order chi connectivity index (χ1) is 7.48. The third-order valence-electron chi connectivity index (χ3n) is 3.80. The molecule has 1 atom stereocenters. The Labute approximate surface area is 95.8 Å². The number of ether oxygens (including phenoxy) is 2. The van der Waals surface area contributed by atoms with Gasteiger partial charge in [-0.15, -0.1) is 0 Å². The Hall–Kier alpha value is -0.670. The fourth-order valence-electron chi connectivity index (χ4n) is 2.87. The summed E-state index contributed by atoms with van der Waals surface area (Å²) in [7, 11) is 0. The summed E-state index contributed by atoms with van der Waals surface area (Å²) < 4.78 is 11.9. The van der Waals surface area contributed by atoms with Crippen molar-refractivity contribution in [3.8, 4) is 0 Å². The van der Waals surface area contributed by atoms with E-state index in [1.165, 1.54) is 5.57 Å². The van der Waals surface area contributed by atoms with Crippen LogP contribution in [0.5, 0.6) is 0 Å². The fourth-order valence-corrected chi connectivity index (χ4v) is 2.87. The minimum atomic E-state index is -0.410. The lowest BCUT2D eigenvalue weighted by Crippen LogP contribution is -2.46. The van der Waals surface area contributed by atoms with Crippen molar-refractivity contribution in [3.05, 3.63) is 11.6 Å². The maximum absolute atomic E-state index is 11.3. The van der Waals surface area contributed by atoms with Crippen LogP contribution in [0.2, 0.25) is 0 Å². The Morgan fingerprint density at radius 3 is 2.62 bits per heavy atom. The van der Waals surface area contributed by atoms with E-state index in [1.807, 2.05) is 0 Å². The first-order valence-corrected chi connectivity index (χ1v) is 5.99. The predicted molar refractivity (Wildman–Crippen MR) is 58.8 cm³/mol. The molecule has 0 bridgehead atoms. The van der Waals surface area contributed by atoms with Crippen LogP contribution in [-0.4, -0.2) is 24.8 Å². The molecule has 88 valence electrons. The molecule has 3 heteroatoms. The van der Waals surface area contributed by atoms with Crippen LogP contribution < -0.4 is 0 Å². The van der Waals surface area contributed by atoms with Gasteiger partial charge in [0, 0.05) is 24.7 Å². The average molecular weight is 222 g/mol. The number of hydrogen-bond donors (Lipinski definition) is 0. The molecule has 1 spiro atoms. The summed E-state index contributed by atoms with van der Waals surface area (Å²) >= 11 is 0. The fraction of sp³-hybridized carbons (Fsp3) is 0.769. The highest BCUT2D eigenvalue weighted by Gasteiger charge is 2.50. The van der Waals surface area contributed by atoms with Crippen LogP contribution in [0, 0.1) is 11.3 Å². The van der Waals surface area contributed by atoms with Crippen molar-refractivity contribution in [3.63, 3.8) is 0 Å². The van der Waals surface area contributed by atoms with E-state index in [9.17, 15) is 4.79 Å². The summed E-state index contributed by atoms with van der Waals surface area (Å²) in [4.78, 5) is 11.3. The molecule has 0 aromatic carbocycles. The lowest BCUT2D eigenvalue weighted by molar-refractivity contribution is -0.295. The SMILES string of the molecule is CC1(C)COC2(CC3=CC(=O)CC3C2)OC1. The summed E-state index contributed by atoms with van der Waals surface area (Å²) in [5.74, 6) is 0.243. The lowest BCUT2D eigenvalue weighted by atomic mass is 9.94. The Bertz CT molecular complexity index is 357. The molecule has 2 aliphatic carbocycles. The van der Waals surface area contributed by atoms with Gasteiger partial charge in [0.2, 0.25) is 0 Å². The zero-order chi connectivity index (χ0) is 11.4. The van der Waals surface area contributed by atoms with Crippen LogP contribution in [0.1, 0.15) is 33.1 Å². The molecule has 0 radical (unpaired) electrons. The van der Waals surface area contributed by atoms with E-state index in [0.717, 1.165) is 26.1 Å². The maximum atomic E-state index is 11.3. The number of carbonyl (C=O) groups is 1. The normalized spacial score (nSPS) is 35.2. The predicted octanol–water partition coefficient (Wildman–Crippen LogP) is 2.06. The van der Waals surface area contributed by atoms with Gasteiger partial charge < -0.3 is 9.47 Å². The molecule has 0 N–H and O–H groups in total. The minimum absolute atomic E-state index is 0.118. The number of carbonyl (C=O) groups excluding carboxylic acids is 1. The zero-order valence-corrected chi connectivity index (χ0v) is 9.91. The standard InChI is InChI=1S/C13H18O3/c1-12(2)7-15-13(16-8-12)5-9-3-11(14)4-10(9)6-13/h3,10H,4-8H2,1-2H3. The van der Waals surface area contributed by atoms with Crippen molar-refractivity contribution < 1.29 is 14.3 Å². The summed E-state index contributed by atoms with van der Waals surface area (Å²) in [6.07, 6.45) is 4.11. The van der Waals surface area contributed by atoms with Gasteiger partial charge in [0.05, 0.1) is 13.2 Å². The molecule has 0 aromatic rings. The quantitative estimate of drug-likeness (QED) is 0.629. The van der Waals surface area contributed by atoms with Gasteiger partial charge in [0.1, 0.15) is 0 Å². The molecule has 1 unspecified atom stereocenters. The van der Waals surface area contributed by atoms with Gasteiger partial charge in [-0.2, -0.15) is 0 Å². The van der Waals surface area contributed by atoms with Crippen LogP contribution in [0.4, 0.5) is 0 Å². The van der Waals surface area contributed by atoms with Crippen LogP contribution in [0.3, 0.4) is 0 Å². The summed E-state index contributed by atoms with van der Waals surface area (Å²) in [6, 6.07) is 0. The molecule has 0 aromatic heterocycles. The summed E-state index contributed by atoms with van der Waals surface area (Å²) in [6.45, 7) is 5.80. The molecule has 1 aliphatic heterocycles. The second kappa shape index (κ2) is 3.17. The third kappa shape index (κ3) is 1.62. The summed E-state index contributed by atoms with van der Waals surface area (Å²) in [5.41, 5.74) is 1.36. The number of hydrogen-bond acceptors (Lipinski definition) is 3. The van der Waals surface area contributed by atoms with Gasteiger partial charge >= 0.3 is 0 Å². The largest absolute Gasteiger partial charge is 0.349 e. The van der Waals surface area contributed by atoms with E-state index in [-0.39, 0.29) is 11.2 Å². The molecule has 1 saturated carbocycles. The molecule has 1 heterocycles. The van der Waals surface area contributed by atoms with Gasteiger partial charge in [0.15, 0.2) is 11.6 Å². The van der Waals surface area contributed by atoms with E-state index in [0.29, 0.717) is 12.3 Å². The zero-order valence-electron chi connectivity index (χ0n) is 9.91. The topological polar surface area (TPSA) is 35.5 Å². The highest BCUT2D eigenvalue weighted by atomic mass is 16.7. The van der Waals surface area contributed by atoms with Gasteiger partial charge in [-0.05, 0) is 12.0 Å². The number of fused-ring (bicyclic) bond motifs is 1. The maximum Gasteiger partial charge on any atom is 0.172 e.